The molecule has 0 spiro atoms. The molecule has 5 nitrogen and oxygen atoms in total. The number of aliphatic carboxylic acids is 1. The van der Waals surface area contributed by atoms with E-state index in [4.69, 9.17) is 4.74 Å². The predicted molar refractivity (Wildman–Crippen MR) is 55.8 cm³/mol. The Kier molecular flexibility index (Phi) is 2.28. The summed E-state index contributed by atoms with van der Waals surface area (Å²) in [6.07, 6.45) is 0. The van der Waals surface area contributed by atoms with Crippen molar-refractivity contribution in [2.24, 2.45) is 11.3 Å². The second kappa shape index (κ2) is 3.20. The first kappa shape index (κ1) is 11.4. The molecule has 0 unspecified atom stereocenters. The van der Waals surface area contributed by atoms with Crippen molar-refractivity contribution in [1.29, 1.82) is 0 Å². The van der Waals surface area contributed by atoms with Crippen molar-refractivity contribution in [3.05, 3.63) is 0 Å². The van der Waals surface area contributed by atoms with Crippen LogP contribution in [0.1, 0.15) is 20.8 Å². The maximum absolute atomic E-state index is 11.6. The van der Waals surface area contributed by atoms with E-state index in [1.807, 2.05) is 0 Å². The summed E-state index contributed by atoms with van der Waals surface area (Å²) in [5.74, 6) is -1.02. The maximum atomic E-state index is 11.6. The van der Waals surface area contributed by atoms with Gasteiger partial charge in [-0.25, -0.2) is 0 Å². The number of carbonyl (C=O) groups excluding carboxylic acids is 1. The van der Waals surface area contributed by atoms with Gasteiger partial charge < -0.3 is 14.7 Å². The summed E-state index contributed by atoms with van der Waals surface area (Å²) >= 11 is 0. The van der Waals surface area contributed by atoms with Crippen molar-refractivity contribution < 1.29 is 19.4 Å². The first-order valence-electron chi connectivity index (χ1n) is 5.44. The molecule has 0 saturated carbocycles. The number of likely N-dealkylation sites (tertiary alicyclic amines) is 1. The average molecular weight is 227 g/mol. The van der Waals surface area contributed by atoms with Crippen LogP contribution in [0.15, 0.2) is 0 Å². The number of amides is 1. The summed E-state index contributed by atoms with van der Waals surface area (Å²) < 4.78 is 5.58. The Morgan fingerprint density at radius 1 is 1.44 bits per heavy atom. The molecular weight excluding hydrogens is 210 g/mol. The second-order valence-corrected chi connectivity index (χ2v) is 5.19. The molecule has 2 rings (SSSR count). The molecule has 0 aromatic rings. The zero-order valence-electron chi connectivity index (χ0n) is 9.82. The molecule has 2 atom stereocenters. The van der Waals surface area contributed by atoms with Gasteiger partial charge in [-0.1, -0.05) is 0 Å². The largest absolute Gasteiger partial charge is 0.481 e. The molecule has 90 valence electrons. The fourth-order valence-corrected chi connectivity index (χ4v) is 2.97. The van der Waals surface area contributed by atoms with Crippen LogP contribution in [-0.4, -0.2) is 47.2 Å². The Hall–Kier alpha value is -1.10. The normalized spacial score (nSPS) is 36.2. The van der Waals surface area contributed by atoms with Crippen LogP contribution in [-0.2, 0) is 14.3 Å². The van der Waals surface area contributed by atoms with Gasteiger partial charge in [-0.3, -0.25) is 9.59 Å². The van der Waals surface area contributed by atoms with E-state index in [1.54, 1.807) is 18.7 Å². The van der Waals surface area contributed by atoms with Gasteiger partial charge in [0, 0.05) is 25.9 Å². The van der Waals surface area contributed by atoms with E-state index in [1.165, 1.54) is 6.92 Å². The molecule has 5 heteroatoms. The molecule has 0 aromatic carbocycles. The highest BCUT2D eigenvalue weighted by molar-refractivity contribution is 5.81. The molecule has 1 N–H and O–H groups in total. The van der Waals surface area contributed by atoms with Crippen LogP contribution in [0.2, 0.25) is 0 Å². The summed E-state index contributed by atoms with van der Waals surface area (Å²) in [7, 11) is 0. The summed E-state index contributed by atoms with van der Waals surface area (Å²) in [5.41, 5.74) is -1.66. The highest BCUT2D eigenvalue weighted by Gasteiger charge is 2.66. The summed E-state index contributed by atoms with van der Waals surface area (Å²) in [6.45, 7) is 6.24. The van der Waals surface area contributed by atoms with Crippen molar-refractivity contribution in [3.8, 4) is 0 Å². The number of fused-ring (bicyclic) bond motifs is 1. The fourth-order valence-electron chi connectivity index (χ4n) is 2.97. The number of nitrogens with zero attached hydrogens (tertiary/aromatic N) is 1. The van der Waals surface area contributed by atoms with Gasteiger partial charge in [-0.05, 0) is 13.8 Å². The highest BCUT2D eigenvalue weighted by Crippen LogP contribution is 2.51. The lowest BCUT2D eigenvalue weighted by Crippen LogP contribution is -2.51. The van der Waals surface area contributed by atoms with E-state index in [0.717, 1.165) is 0 Å². The van der Waals surface area contributed by atoms with Crippen molar-refractivity contribution in [3.63, 3.8) is 0 Å². The number of carbonyl (C=O) groups is 2. The zero-order valence-corrected chi connectivity index (χ0v) is 9.82. The van der Waals surface area contributed by atoms with E-state index in [9.17, 15) is 14.7 Å². The van der Waals surface area contributed by atoms with Crippen LogP contribution in [0.25, 0.3) is 0 Å². The minimum Gasteiger partial charge on any atom is -0.481 e. The van der Waals surface area contributed by atoms with Crippen LogP contribution in [0.3, 0.4) is 0 Å². The first-order chi connectivity index (χ1) is 7.31. The van der Waals surface area contributed by atoms with Gasteiger partial charge >= 0.3 is 5.97 Å². The lowest BCUT2D eigenvalue weighted by atomic mass is 9.69. The molecule has 0 bridgehead atoms. The molecule has 0 radical (unpaired) electrons. The Labute approximate surface area is 94.4 Å². The highest BCUT2D eigenvalue weighted by atomic mass is 16.5. The van der Waals surface area contributed by atoms with Crippen LogP contribution in [0.5, 0.6) is 0 Å². The maximum Gasteiger partial charge on any atom is 0.314 e. The van der Waals surface area contributed by atoms with E-state index < -0.39 is 17.0 Å². The van der Waals surface area contributed by atoms with Crippen LogP contribution in [0.4, 0.5) is 0 Å². The summed E-state index contributed by atoms with van der Waals surface area (Å²) in [5, 5.41) is 9.49. The van der Waals surface area contributed by atoms with E-state index >= 15 is 0 Å². The molecule has 2 fully saturated rings. The smallest absolute Gasteiger partial charge is 0.314 e. The number of ether oxygens (including phenoxy) is 1. The van der Waals surface area contributed by atoms with Gasteiger partial charge in [-0.2, -0.15) is 0 Å². The first-order valence-corrected chi connectivity index (χ1v) is 5.44. The van der Waals surface area contributed by atoms with Crippen LogP contribution < -0.4 is 0 Å². The topological polar surface area (TPSA) is 66.8 Å². The van der Waals surface area contributed by atoms with Gasteiger partial charge in [0.1, 0.15) is 5.41 Å². The monoisotopic (exact) mass is 227 g/mol. The minimum absolute atomic E-state index is 0.0641. The summed E-state index contributed by atoms with van der Waals surface area (Å²) in [6, 6.07) is 0. The molecule has 2 saturated heterocycles. The Balaban J connectivity index is 2.39. The fraction of sp³-hybridized carbons (Fsp3) is 0.818. The van der Waals surface area contributed by atoms with Crippen molar-refractivity contribution >= 4 is 11.9 Å². The molecule has 0 aromatic heterocycles. The van der Waals surface area contributed by atoms with Gasteiger partial charge in [0.2, 0.25) is 5.91 Å². The Bertz CT molecular complexity index is 352. The zero-order chi connectivity index (χ0) is 12.1. The van der Waals surface area contributed by atoms with Gasteiger partial charge in [-0.15, -0.1) is 0 Å². The van der Waals surface area contributed by atoms with E-state index in [2.05, 4.69) is 0 Å². The molecule has 2 heterocycles. The quantitative estimate of drug-likeness (QED) is 0.701. The van der Waals surface area contributed by atoms with E-state index in [0.29, 0.717) is 13.2 Å². The van der Waals surface area contributed by atoms with Crippen molar-refractivity contribution in [2.75, 3.05) is 19.7 Å². The third-order valence-corrected chi connectivity index (χ3v) is 4.12. The number of carboxylic acid groups (broad SMARTS) is 1. The predicted octanol–water partition coefficient (Wildman–Crippen LogP) is 0.344. The summed E-state index contributed by atoms with van der Waals surface area (Å²) in [4.78, 5) is 24.5. The van der Waals surface area contributed by atoms with Crippen molar-refractivity contribution in [1.82, 2.24) is 4.90 Å². The lowest BCUT2D eigenvalue weighted by molar-refractivity contribution is -0.159. The number of carboxylic acids is 1. The number of hydrogen-bond acceptors (Lipinski definition) is 3. The van der Waals surface area contributed by atoms with Crippen LogP contribution in [0, 0.1) is 11.3 Å². The number of rotatable bonds is 1. The van der Waals surface area contributed by atoms with Crippen LogP contribution >= 0.6 is 0 Å². The third kappa shape index (κ3) is 1.21. The van der Waals surface area contributed by atoms with Crippen molar-refractivity contribution in [2.45, 2.75) is 26.4 Å². The molecule has 1 amide bonds. The Morgan fingerprint density at radius 3 is 2.50 bits per heavy atom. The third-order valence-electron chi connectivity index (χ3n) is 4.12. The molecule has 0 aliphatic carbocycles. The number of hydrogen-bond donors (Lipinski definition) is 1. The SMILES string of the molecule is CC(=O)N1C[C@@H]2COC(C)(C)[C@]2(C(=O)O)C1. The van der Waals surface area contributed by atoms with Gasteiger partial charge in [0.25, 0.3) is 0 Å². The lowest BCUT2D eigenvalue weighted by Gasteiger charge is -2.35. The minimum atomic E-state index is -0.946. The van der Waals surface area contributed by atoms with Gasteiger partial charge in [0.05, 0.1) is 12.2 Å². The molecule has 16 heavy (non-hydrogen) atoms. The average Bonchev–Trinajstić information content (AvgIpc) is 2.64. The van der Waals surface area contributed by atoms with Gasteiger partial charge in [0.15, 0.2) is 0 Å². The molecular formula is C11H17NO4. The Morgan fingerprint density at radius 2 is 2.06 bits per heavy atom. The molecule has 2 aliphatic heterocycles. The standard InChI is InChI=1S/C11H17NO4/c1-7(13)12-4-8-5-16-10(2,3)11(8,6-12)9(14)15/h8H,4-6H2,1-3H3,(H,14,15)/t8-,11-/m1/s1. The molecule has 2 aliphatic rings. The second-order valence-electron chi connectivity index (χ2n) is 5.19. The van der Waals surface area contributed by atoms with E-state index in [-0.39, 0.29) is 18.4 Å².